The van der Waals surface area contributed by atoms with Gasteiger partial charge in [0.2, 0.25) is 0 Å². The minimum atomic E-state index is 0.236. The minimum Gasteiger partial charge on any atom is -0.423 e. The van der Waals surface area contributed by atoms with Crippen LogP contribution in [0.5, 0.6) is 0 Å². The first kappa shape index (κ1) is 10.2. The average molecular weight is 190 g/mol. The molecule has 0 aromatic heterocycles. The number of ether oxygens (including phenoxy) is 2. The summed E-state index contributed by atoms with van der Waals surface area (Å²) in [4.78, 5) is 0. The Morgan fingerprint density at radius 3 is 2.75 bits per heavy atom. The molecule has 1 rings (SSSR count). The highest BCUT2D eigenvalue weighted by Gasteiger charge is 2.25. The van der Waals surface area contributed by atoms with E-state index in [-0.39, 0.29) is 12.2 Å². The topological polar surface area (TPSA) is 31.0 Å². The van der Waals surface area contributed by atoms with Gasteiger partial charge in [0.05, 0.1) is 25.4 Å². The van der Waals surface area contributed by atoms with E-state index in [1.165, 1.54) is 0 Å². The van der Waals surface area contributed by atoms with E-state index in [0.717, 1.165) is 30.1 Å². The maximum Gasteiger partial charge on any atom is 0.146 e. The highest BCUT2D eigenvalue weighted by molar-refractivity contribution is 5.98. The Labute approximate surface area is 76.9 Å². The van der Waals surface area contributed by atoms with Crippen LogP contribution < -0.4 is 0 Å². The fraction of sp³-hybridized carbons (Fsp3) is 1.00. The van der Waals surface area contributed by atoms with E-state index >= 15 is 0 Å². The fourth-order valence-electron chi connectivity index (χ4n) is 1.13. The highest BCUT2D eigenvalue weighted by Crippen LogP contribution is 2.13. The molecule has 0 amide bonds. The van der Waals surface area contributed by atoms with Gasteiger partial charge in [0.15, 0.2) is 0 Å². The summed E-state index contributed by atoms with van der Waals surface area (Å²) < 4.78 is 16.0. The molecule has 1 aliphatic heterocycles. The summed E-state index contributed by atoms with van der Waals surface area (Å²) in [5, 5.41) is 0. The summed E-state index contributed by atoms with van der Waals surface area (Å²) in [6.45, 7) is 5.78. The van der Waals surface area contributed by atoms with Crippen molar-refractivity contribution in [1.29, 1.82) is 0 Å². The van der Waals surface area contributed by atoms with Crippen LogP contribution in [0.25, 0.3) is 0 Å². The van der Waals surface area contributed by atoms with E-state index in [9.17, 15) is 0 Å². The standard InChI is InChI=1S/C8H18O3Si/c1-3-8(6(2)11-12)10-5-7-4-9-7/h6-8H,3-5H2,1-2,12H3. The monoisotopic (exact) mass is 190 g/mol. The first-order valence-corrected chi connectivity index (χ1v) is 5.35. The lowest BCUT2D eigenvalue weighted by Gasteiger charge is -2.21. The molecule has 0 aromatic carbocycles. The molecule has 0 N–H and O–H groups in total. The second-order valence-corrected chi connectivity index (χ2v) is 3.65. The quantitative estimate of drug-likeness (QED) is 0.432. The molecule has 3 nitrogen and oxygen atoms in total. The van der Waals surface area contributed by atoms with Crippen LogP contribution in [-0.2, 0) is 13.9 Å². The van der Waals surface area contributed by atoms with Crippen LogP contribution in [0.15, 0.2) is 0 Å². The predicted molar refractivity (Wildman–Crippen MR) is 50.3 cm³/mol. The van der Waals surface area contributed by atoms with Gasteiger partial charge in [-0.2, -0.15) is 0 Å². The minimum absolute atomic E-state index is 0.236. The molecule has 1 saturated heterocycles. The van der Waals surface area contributed by atoms with Crippen molar-refractivity contribution in [3.8, 4) is 0 Å². The summed E-state index contributed by atoms with van der Waals surface area (Å²) in [6.07, 6.45) is 1.85. The van der Waals surface area contributed by atoms with E-state index in [1.807, 2.05) is 0 Å². The number of hydrogen-bond acceptors (Lipinski definition) is 3. The van der Waals surface area contributed by atoms with Gasteiger partial charge in [-0.1, -0.05) is 6.92 Å². The third-order valence-electron chi connectivity index (χ3n) is 2.20. The lowest BCUT2D eigenvalue weighted by molar-refractivity contribution is -0.0231. The first-order valence-electron chi connectivity index (χ1n) is 4.54. The molecule has 3 atom stereocenters. The molecule has 1 heterocycles. The Morgan fingerprint density at radius 2 is 2.33 bits per heavy atom. The average Bonchev–Trinajstić information content (AvgIpc) is 2.88. The SMILES string of the molecule is CCC(OCC1CO1)C(C)O[SiH3]. The van der Waals surface area contributed by atoms with Gasteiger partial charge in [-0.3, -0.25) is 0 Å². The van der Waals surface area contributed by atoms with Crippen molar-refractivity contribution in [2.45, 2.75) is 38.6 Å². The van der Waals surface area contributed by atoms with E-state index in [1.54, 1.807) is 0 Å². The maximum absolute atomic E-state index is 5.64. The van der Waals surface area contributed by atoms with Crippen LogP contribution in [-0.4, -0.2) is 42.0 Å². The van der Waals surface area contributed by atoms with E-state index in [0.29, 0.717) is 6.10 Å². The summed E-state index contributed by atoms with van der Waals surface area (Å²) in [6, 6.07) is 0. The lowest BCUT2D eigenvalue weighted by Crippen LogP contribution is -2.29. The maximum atomic E-state index is 5.64. The van der Waals surface area contributed by atoms with Crippen molar-refractivity contribution in [3.05, 3.63) is 0 Å². The lowest BCUT2D eigenvalue weighted by atomic mass is 10.2. The molecular weight excluding hydrogens is 172 g/mol. The number of epoxide rings is 1. The molecule has 12 heavy (non-hydrogen) atoms. The van der Waals surface area contributed by atoms with Crippen molar-refractivity contribution >= 4 is 10.5 Å². The normalized spacial score (nSPS) is 27.0. The Balaban J connectivity index is 2.13. The molecule has 72 valence electrons. The van der Waals surface area contributed by atoms with Crippen LogP contribution >= 0.6 is 0 Å². The van der Waals surface area contributed by atoms with Gasteiger partial charge in [-0.05, 0) is 13.3 Å². The molecule has 1 aliphatic rings. The van der Waals surface area contributed by atoms with Gasteiger partial charge in [-0.15, -0.1) is 0 Å². The van der Waals surface area contributed by atoms with Gasteiger partial charge in [0.1, 0.15) is 16.6 Å². The fourth-order valence-corrected chi connectivity index (χ4v) is 1.44. The largest absolute Gasteiger partial charge is 0.423 e. The molecule has 3 unspecified atom stereocenters. The van der Waals surface area contributed by atoms with Crippen LogP contribution in [0.4, 0.5) is 0 Å². The zero-order valence-corrected chi connectivity index (χ0v) is 10.1. The summed E-state index contributed by atoms with van der Waals surface area (Å²) in [7, 11) is 0.783. The van der Waals surface area contributed by atoms with Crippen molar-refractivity contribution in [2.24, 2.45) is 0 Å². The van der Waals surface area contributed by atoms with Crippen LogP contribution in [0, 0.1) is 0 Å². The zero-order valence-electron chi connectivity index (χ0n) is 8.08. The third-order valence-corrected chi connectivity index (χ3v) is 2.94. The van der Waals surface area contributed by atoms with Crippen LogP contribution in [0.1, 0.15) is 20.3 Å². The second-order valence-electron chi connectivity index (χ2n) is 3.18. The van der Waals surface area contributed by atoms with Crippen LogP contribution in [0.2, 0.25) is 0 Å². The number of rotatable bonds is 6. The molecule has 0 aromatic rings. The molecule has 0 spiro atoms. The highest BCUT2D eigenvalue weighted by atomic mass is 28.2. The van der Waals surface area contributed by atoms with E-state index in [2.05, 4.69) is 13.8 Å². The Bertz CT molecular complexity index is 127. The molecule has 0 bridgehead atoms. The van der Waals surface area contributed by atoms with Crippen molar-refractivity contribution in [3.63, 3.8) is 0 Å². The second kappa shape index (κ2) is 4.96. The molecule has 4 heteroatoms. The summed E-state index contributed by atoms with van der Waals surface area (Å²) in [5.41, 5.74) is 0. The Morgan fingerprint density at radius 1 is 1.67 bits per heavy atom. The zero-order chi connectivity index (χ0) is 8.97. The third kappa shape index (κ3) is 3.22. The molecular formula is C8H18O3Si. The predicted octanol–water partition coefficient (Wildman–Crippen LogP) is -0.134. The molecule has 0 aliphatic carbocycles. The van der Waals surface area contributed by atoms with Crippen molar-refractivity contribution < 1.29 is 13.9 Å². The smallest absolute Gasteiger partial charge is 0.146 e. The Hall–Kier alpha value is 0.0969. The molecule has 0 radical (unpaired) electrons. The summed E-state index contributed by atoms with van der Waals surface area (Å²) >= 11 is 0. The first-order chi connectivity index (χ1) is 5.77. The van der Waals surface area contributed by atoms with Gasteiger partial charge < -0.3 is 13.9 Å². The van der Waals surface area contributed by atoms with Crippen molar-refractivity contribution in [2.75, 3.05) is 13.2 Å². The van der Waals surface area contributed by atoms with Gasteiger partial charge in [0, 0.05) is 0 Å². The van der Waals surface area contributed by atoms with Gasteiger partial charge in [0.25, 0.3) is 0 Å². The summed E-state index contributed by atoms with van der Waals surface area (Å²) in [5.74, 6) is 0. The molecule has 0 saturated carbocycles. The number of hydrogen-bond donors (Lipinski definition) is 0. The van der Waals surface area contributed by atoms with Gasteiger partial charge in [-0.25, -0.2) is 0 Å². The van der Waals surface area contributed by atoms with E-state index < -0.39 is 0 Å². The van der Waals surface area contributed by atoms with Gasteiger partial charge >= 0.3 is 0 Å². The van der Waals surface area contributed by atoms with E-state index in [4.69, 9.17) is 13.9 Å². The molecule has 1 fully saturated rings. The van der Waals surface area contributed by atoms with Crippen molar-refractivity contribution in [1.82, 2.24) is 0 Å². The van der Waals surface area contributed by atoms with Crippen LogP contribution in [0.3, 0.4) is 0 Å². The Kier molecular flexibility index (Phi) is 4.21.